The molecule has 2 aliphatic heterocycles. The van der Waals surface area contributed by atoms with Gasteiger partial charge in [-0.15, -0.1) is 0 Å². The van der Waals surface area contributed by atoms with Crippen LogP contribution in [-0.4, -0.2) is 51.9 Å². The summed E-state index contributed by atoms with van der Waals surface area (Å²) in [5, 5.41) is 2.95. The maximum absolute atomic E-state index is 13.4. The second-order valence-corrected chi connectivity index (χ2v) is 10.6. The molecule has 0 spiro atoms. The first-order valence-corrected chi connectivity index (χ1v) is 13.2. The number of nitrogens with one attached hydrogen (secondary N) is 1. The van der Waals surface area contributed by atoms with Crippen molar-refractivity contribution in [1.82, 2.24) is 10.2 Å². The van der Waals surface area contributed by atoms with Gasteiger partial charge in [-0.05, 0) is 81.6 Å². The molecule has 1 saturated heterocycles. The van der Waals surface area contributed by atoms with Gasteiger partial charge < -0.3 is 10.2 Å². The van der Waals surface area contributed by atoms with Crippen molar-refractivity contribution in [2.45, 2.75) is 49.8 Å². The van der Waals surface area contributed by atoms with Crippen LogP contribution in [0.25, 0.3) is 0 Å². The summed E-state index contributed by atoms with van der Waals surface area (Å²) in [5.41, 5.74) is 2.16. The van der Waals surface area contributed by atoms with E-state index in [9.17, 15) is 13.2 Å². The Morgan fingerprint density at radius 3 is 2.50 bits per heavy atom. The minimum Gasteiger partial charge on any atom is -0.352 e. The zero-order valence-corrected chi connectivity index (χ0v) is 19.4. The van der Waals surface area contributed by atoms with Gasteiger partial charge in [0.25, 0.3) is 15.9 Å². The lowest BCUT2D eigenvalue weighted by molar-refractivity contribution is 0.0951. The van der Waals surface area contributed by atoms with Crippen molar-refractivity contribution < 1.29 is 13.2 Å². The van der Waals surface area contributed by atoms with Crippen LogP contribution in [0, 0.1) is 0 Å². The highest BCUT2D eigenvalue weighted by molar-refractivity contribution is 7.92. The predicted octanol–water partition coefficient (Wildman–Crippen LogP) is 3.82. The van der Waals surface area contributed by atoms with Gasteiger partial charge in [0.1, 0.15) is 0 Å². The molecule has 2 aromatic carbocycles. The molecule has 2 aliphatic rings. The SMILES string of the molecule is O=C(NCCCN1CCCCCC1)c1cccc(S(=O)(=O)N2CCCc3ccccc32)c1. The molecule has 0 saturated carbocycles. The number of nitrogens with zero attached hydrogens (tertiary/aromatic N) is 2. The van der Waals surface area contributed by atoms with Gasteiger partial charge in [-0.25, -0.2) is 8.42 Å². The number of para-hydroxylation sites is 1. The summed E-state index contributed by atoms with van der Waals surface area (Å²) in [4.78, 5) is 15.3. The van der Waals surface area contributed by atoms with E-state index in [1.165, 1.54) is 36.1 Å². The molecule has 2 heterocycles. The lowest BCUT2D eigenvalue weighted by Gasteiger charge is -2.30. The molecule has 2 aromatic rings. The molecular formula is C25H33N3O3S. The number of sulfonamides is 1. The molecule has 0 aliphatic carbocycles. The van der Waals surface area contributed by atoms with Gasteiger partial charge >= 0.3 is 0 Å². The third-order valence-electron chi connectivity index (χ3n) is 6.39. The third kappa shape index (κ3) is 5.33. The van der Waals surface area contributed by atoms with Crippen molar-refractivity contribution in [3.05, 3.63) is 59.7 Å². The molecule has 0 bridgehead atoms. The predicted molar refractivity (Wildman–Crippen MR) is 128 cm³/mol. The number of rotatable bonds is 7. The van der Waals surface area contributed by atoms with Crippen LogP contribution in [0.3, 0.4) is 0 Å². The molecule has 0 aromatic heterocycles. The van der Waals surface area contributed by atoms with E-state index in [2.05, 4.69) is 10.2 Å². The summed E-state index contributed by atoms with van der Waals surface area (Å²) in [6.07, 6.45) is 7.71. The number of aryl methyl sites for hydroxylation is 1. The molecule has 1 N–H and O–H groups in total. The molecule has 0 unspecified atom stereocenters. The Morgan fingerprint density at radius 1 is 0.906 bits per heavy atom. The number of amides is 1. The average molecular weight is 456 g/mol. The van der Waals surface area contributed by atoms with Gasteiger partial charge in [-0.3, -0.25) is 9.10 Å². The van der Waals surface area contributed by atoms with Gasteiger partial charge in [0, 0.05) is 18.7 Å². The number of likely N-dealkylation sites (tertiary alicyclic amines) is 1. The molecule has 1 fully saturated rings. The fourth-order valence-corrected chi connectivity index (χ4v) is 6.23. The van der Waals surface area contributed by atoms with Crippen LogP contribution in [0.15, 0.2) is 53.4 Å². The summed E-state index contributed by atoms with van der Waals surface area (Å²) in [5.74, 6) is -0.225. The van der Waals surface area contributed by atoms with Crippen LogP contribution < -0.4 is 9.62 Å². The maximum atomic E-state index is 13.4. The number of hydrogen-bond donors (Lipinski definition) is 1. The van der Waals surface area contributed by atoms with Crippen molar-refractivity contribution in [3.63, 3.8) is 0 Å². The Balaban J connectivity index is 1.39. The van der Waals surface area contributed by atoms with Crippen LogP contribution in [0.2, 0.25) is 0 Å². The van der Waals surface area contributed by atoms with E-state index in [-0.39, 0.29) is 10.8 Å². The first kappa shape index (κ1) is 22.8. The van der Waals surface area contributed by atoms with Gasteiger partial charge in [-0.1, -0.05) is 37.1 Å². The first-order chi connectivity index (χ1) is 15.6. The first-order valence-electron chi connectivity index (χ1n) is 11.8. The average Bonchev–Trinajstić information content (AvgIpc) is 3.10. The van der Waals surface area contributed by atoms with E-state index in [1.807, 2.05) is 24.3 Å². The van der Waals surface area contributed by atoms with Crippen molar-refractivity contribution in [3.8, 4) is 0 Å². The second-order valence-electron chi connectivity index (χ2n) is 8.70. The summed E-state index contributed by atoms with van der Waals surface area (Å²) in [6, 6.07) is 14.0. The lowest BCUT2D eigenvalue weighted by atomic mass is 10.0. The van der Waals surface area contributed by atoms with Gasteiger partial charge in [0.05, 0.1) is 10.6 Å². The molecule has 172 valence electrons. The highest BCUT2D eigenvalue weighted by Crippen LogP contribution is 2.31. The monoisotopic (exact) mass is 455 g/mol. The Morgan fingerprint density at radius 2 is 1.69 bits per heavy atom. The van der Waals surface area contributed by atoms with Crippen molar-refractivity contribution in [1.29, 1.82) is 0 Å². The number of fused-ring (bicyclic) bond motifs is 1. The third-order valence-corrected chi connectivity index (χ3v) is 8.20. The zero-order valence-electron chi connectivity index (χ0n) is 18.6. The second kappa shape index (κ2) is 10.5. The normalized spacial score (nSPS) is 17.4. The minimum atomic E-state index is -3.73. The van der Waals surface area contributed by atoms with Crippen LogP contribution in [0.4, 0.5) is 5.69 Å². The molecule has 32 heavy (non-hydrogen) atoms. The number of hydrogen-bond acceptors (Lipinski definition) is 4. The van der Waals surface area contributed by atoms with E-state index < -0.39 is 10.0 Å². The van der Waals surface area contributed by atoms with Gasteiger partial charge in [0.15, 0.2) is 0 Å². The van der Waals surface area contributed by atoms with Crippen molar-refractivity contribution >= 4 is 21.6 Å². The topological polar surface area (TPSA) is 69.7 Å². The maximum Gasteiger partial charge on any atom is 0.264 e. The summed E-state index contributed by atoms with van der Waals surface area (Å²) < 4.78 is 28.2. The summed E-state index contributed by atoms with van der Waals surface area (Å²) >= 11 is 0. The molecule has 4 rings (SSSR count). The standard InChI is InChI=1S/C25H33N3O3S/c29-25(26-15-9-18-27-16-5-1-2-6-17-27)22-11-7-13-23(20-22)32(30,31)28-19-8-12-21-10-3-4-14-24(21)28/h3-4,7,10-11,13-14,20H,1-2,5-6,8-9,12,15-19H2,(H,26,29). The Hall–Kier alpha value is -2.38. The summed E-state index contributed by atoms with van der Waals surface area (Å²) in [7, 11) is -3.73. The molecule has 1 amide bonds. The van der Waals surface area contributed by atoms with Gasteiger partial charge in [-0.2, -0.15) is 0 Å². The highest BCUT2D eigenvalue weighted by atomic mass is 32.2. The van der Waals surface area contributed by atoms with E-state index in [0.29, 0.717) is 18.7 Å². The lowest BCUT2D eigenvalue weighted by Crippen LogP contribution is -2.35. The molecule has 6 nitrogen and oxygen atoms in total. The number of carbonyl (C=O) groups excluding carboxylic acids is 1. The van der Waals surface area contributed by atoms with E-state index >= 15 is 0 Å². The Labute approximate surface area is 191 Å². The minimum absolute atomic E-state index is 0.159. The fraction of sp³-hybridized carbons (Fsp3) is 0.480. The van der Waals surface area contributed by atoms with Gasteiger partial charge in [0.2, 0.25) is 0 Å². The Kier molecular flexibility index (Phi) is 7.48. The zero-order chi connectivity index (χ0) is 22.4. The van der Waals surface area contributed by atoms with E-state index in [4.69, 9.17) is 0 Å². The number of anilines is 1. The molecular weight excluding hydrogens is 422 g/mol. The van der Waals surface area contributed by atoms with Crippen LogP contribution >= 0.6 is 0 Å². The molecule has 7 heteroatoms. The number of benzene rings is 2. The number of carbonyl (C=O) groups is 1. The van der Waals surface area contributed by atoms with Crippen molar-refractivity contribution in [2.75, 3.05) is 37.0 Å². The quantitative estimate of drug-likeness (QED) is 0.645. The highest BCUT2D eigenvalue weighted by Gasteiger charge is 2.29. The van der Waals surface area contributed by atoms with E-state index in [0.717, 1.165) is 50.1 Å². The summed E-state index contributed by atoms with van der Waals surface area (Å²) in [6.45, 7) is 4.32. The van der Waals surface area contributed by atoms with E-state index in [1.54, 1.807) is 18.2 Å². The fourth-order valence-electron chi connectivity index (χ4n) is 4.64. The van der Waals surface area contributed by atoms with Crippen LogP contribution in [0.5, 0.6) is 0 Å². The molecule has 0 atom stereocenters. The van der Waals surface area contributed by atoms with Crippen LogP contribution in [0.1, 0.15) is 54.4 Å². The Bertz CT molecular complexity index is 1030. The largest absolute Gasteiger partial charge is 0.352 e. The molecule has 0 radical (unpaired) electrons. The van der Waals surface area contributed by atoms with Crippen LogP contribution in [-0.2, 0) is 16.4 Å². The smallest absolute Gasteiger partial charge is 0.264 e. The van der Waals surface area contributed by atoms with Crippen molar-refractivity contribution in [2.24, 2.45) is 0 Å².